The van der Waals surface area contributed by atoms with Crippen LogP contribution in [0.1, 0.15) is 18.4 Å². The third kappa shape index (κ3) is 3.34. The largest absolute Gasteiger partial charge is 0.370 e. The molecule has 0 aliphatic heterocycles. The fourth-order valence-corrected chi connectivity index (χ4v) is 1.61. The zero-order valence-electron chi connectivity index (χ0n) is 10.3. The van der Waals surface area contributed by atoms with Crippen LogP contribution in [-0.2, 0) is 6.54 Å². The standard InChI is InChI=1S/C12H19N5/c1-17(2)11-9(4-3-7-14-11)8-15-12(13)16-10-5-6-10/h3-4,7,10H,5-6,8H2,1-2H3,(H3,13,15,16). The van der Waals surface area contributed by atoms with E-state index in [4.69, 9.17) is 5.73 Å². The van der Waals surface area contributed by atoms with Crippen LogP contribution in [0.3, 0.4) is 0 Å². The van der Waals surface area contributed by atoms with Gasteiger partial charge in [0.05, 0.1) is 6.54 Å². The number of nitrogens with zero attached hydrogens (tertiary/aromatic N) is 3. The van der Waals surface area contributed by atoms with Gasteiger partial charge in [0.15, 0.2) is 5.96 Å². The van der Waals surface area contributed by atoms with Crippen LogP contribution in [0, 0.1) is 0 Å². The van der Waals surface area contributed by atoms with Gasteiger partial charge >= 0.3 is 0 Å². The minimum absolute atomic E-state index is 0.529. The Morgan fingerprint density at radius 3 is 3.00 bits per heavy atom. The van der Waals surface area contributed by atoms with Crippen molar-refractivity contribution in [1.82, 2.24) is 10.3 Å². The van der Waals surface area contributed by atoms with Gasteiger partial charge in [-0.25, -0.2) is 9.98 Å². The molecule has 0 bridgehead atoms. The molecule has 5 heteroatoms. The van der Waals surface area contributed by atoms with Gasteiger partial charge in [-0.3, -0.25) is 0 Å². The van der Waals surface area contributed by atoms with E-state index in [0.717, 1.165) is 11.4 Å². The van der Waals surface area contributed by atoms with Crippen molar-refractivity contribution in [3.8, 4) is 0 Å². The predicted octanol–water partition coefficient (Wildman–Crippen LogP) is 0.714. The number of hydrogen-bond donors (Lipinski definition) is 2. The van der Waals surface area contributed by atoms with E-state index in [-0.39, 0.29) is 0 Å². The van der Waals surface area contributed by atoms with E-state index in [0.29, 0.717) is 18.5 Å². The first-order valence-corrected chi connectivity index (χ1v) is 5.84. The van der Waals surface area contributed by atoms with Crippen LogP contribution in [0.15, 0.2) is 23.3 Å². The van der Waals surface area contributed by atoms with Gasteiger partial charge in [-0.05, 0) is 18.9 Å². The summed E-state index contributed by atoms with van der Waals surface area (Å²) in [4.78, 5) is 10.6. The average molecular weight is 233 g/mol. The zero-order chi connectivity index (χ0) is 12.3. The molecule has 1 saturated carbocycles. The molecule has 2 rings (SSSR count). The van der Waals surface area contributed by atoms with Gasteiger partial charge < -0.3 is 16.0 Å². The van der Waals surface area contributed by atoms with Crippen LogP contribution < -0.4 is 16.0 Å². The second-order valence-electron chi connectivity index (χ2n) is 4.50. The lowest BCUT2D eigenvalue weighted by Crippen LogP contribution is -2.33. The van der Waals surface area contributed by atoms with E-state index in [9.17, 15) is 0 Å². The highest BCUT2D eigenvalue weighted by atomic mass is 15.1. The van der Waals surface area contributed by atoms with Crippen LogP contribution >= 0.6 is 0 Å². The predicted molar refractivity (Wildman–Crippen MR) is 70.0 cm³/mol. The number of aromatic nitrogens is 1. The molecule has 0 radical (unpaired) electrons. The second-order valence-corrected chi connectivity index (χ2v) is 4.50. The van der Waals surface area contributed by atoms with E-state index >= 15 is 0 Å². The Morgan fingerprint density at radius 1 is 1.59 bits per heavy atom. The lowest BCUT2D eigenvalue weighted by atomic mass is 10.2. The lowest BCUT2D eigenvalue weighted by molar-refractivity contribution is 0.876. The summed E-state index contributed by atoms with van der Waals surface area (Å²) in [6.45, 7) is 0.562. The first kappa shape index (κ1) is 11.7. The van der Waals surface area contributed by atoms with Crippen LogP contribution in [0.5, 0.6) is 0 Å². The zero-order valence-corrected chi connectivity index (χ0v) is 10.3. The summed E-state index contributed by atoms with van der Waals surface area (Å²) in [6.07, 6.45) is 4.19. The number of guanidine groups is 1. The molecule has 0 saturated heterocycles. The molecule has 1 aliphatic carbocycles. The summed E-state index contributed by atoms with van der Waals surface area (Å²) in [7, 11) is 3.95. The van der Waals surface area contributed by atoms with Gasteiger partial charge in [-0.15, -0.1) is 0 Å². The third-order valence-electron chi connectivity index (χ3n) is 2.64. The van der Waals surface area contributed by atoms with Gasteiger partial charge in [-0.2, -0.15) is 0 Å². The molecule has 1 heterocycles. The summed E-state index contributed by atoms with van der Waals surface area (Å²) in [6, 6.07) is 4.49. The van der Waals surface area contributed by atoms with Crippen molar-refractivity contribution in [3.63, 3.8) is 0 Å². The molecule has 1 aromatic heterocycles. The maximum atomic E-state index is 5.79. The molecule has 5 nitrogen and oxygen atoms in total. The van der Waals surface area contributed by atoms with Crippen molar-refractivity contribution in [2.24, 2.45) is 10.7 Å². The molecule has 0 amide bonds. The molecule has 0 unspecified atom stereocenters. The van der Waals surface area contributed by atoms with E-state index in [2.05, 4.69) is 15.3 Å². The molecular formula is C12H19N5. The molecule has 0 spiro atoms. The molecule has 0 aromatic carbocycles. The highest BCUT2D eigenvalue weighted by molar-refractivity contribution is 5.78. The molecular weight excluding hydrogens is 214 g/mol. The highest BCUT2D eigenvalue weighted by Crippen LogP contribution is 2.18. The molecule has 1 fully saturated rings. The summed E-state index contributed by atoms with van der Waals surface area (Å²) >= 11 is 0. The van der Waals surface area contributed by atoms with Gasteiger partial charge in [-0.1, -0.05) is 6.07 Å². The van der Waals surface area contributed by atoms with E-state index < -0.39 is 0 Å². The number of aliphatic imine (C=N–C) groups is 1. The number of rotatable bonds is 4. The number of anilines is 1. The smallest absolute Gasteiger partial charge is 0.189 e. The molecule has 92 valence electrons. The normalized spacial score (nSPS) is 15.8. The van der Waals surface area contributed by atoms with Gasteiger partial charge in [0, 0.05) is 31.9 Å². The summed E-state index contributed by atoms with van der Waals surface area (Å²) in [5, 5.41) is 3.17. The van der Waals surface area contributed by atoms with Crippen LogP contribution in [0.2, 0.25) is 0 Å². The quantitative estimate of drug-likeness (QED) is 0.594. The third-order valence-corrected chi connectivity index (χ3v) is 2.64. The Labute approximate surface area is 102 Å². The first-order valence-electron chi connectivity index (χ1n) is 5.84. The van der Waals surface area contributed by atoms with Gasteiger partial charge in [0.2, 0.25) is 0 Å². The van der Waals surface area contributed by atoms with Crippen molar-refractivity contribution in [1.29, 1.82) is 0 Å². The topological polar surface area (TPSA) is 66.5 Å². The van der Waals surface area contributed by atoms with Crippen molar-refractivity contribution >= 4 is 11.8 Å². The Morgan fingerprint density at radius 2 is 2.35 bits per heavy atom. The summed E-state index contributed by atoms with van der Waals surface area (Å²) in [5.41, 5.74) is 6.88. The average Bonchev–Trinajstić information content (AvgIpc) is 3.10. The monoisotopic (exact) mass is 233 g/mol. The fourth-order valence-electron chi connectivity index (χ4n) is 1.61. The summed E-state index contributed by atoms with van der Waals surface area (Å²) < 4.78 is 0. The number of nitrogens with two attached hydrogens (primary N) is 1. The van der Waals surface area contributed by atoms with E-state index in [1.165, 1.54) is 12.8 Å². The van der Waals surface area contributed by atoms with Crippen LogP contribution in [0.25, 0.3) is 0 Å². The van der Waals surface area contributed by atoms with E-state index in [1.807, 2.05) is 31.1 Å². The molecule has 1 aromatic rings. The Kier molecular flexibility index (Phi) is 3.46. The number of nitrogens with one attached hydrogen (secondary N) is 1. The SMILES string of the molecule is CN(C)c1ncccc1CN=C(N)NC1CC1. The Hall–Kier alpha value is -1.78. The summed E-state index contributed by atoms with van der Waals surface area (Å²) in [5.74, 6) is 1.47. The Bertz CT molecular complexity index is 409. The first-order chi connectivity index (χ1) is 8.16. The second kappa shape index (κ2) is 5.03. The molecule has 0 atom stereocenters. The van der Waals surface area contributed by atoms with Crippen molar-refractivity contribution in [2.45, 2.75) is 25.4 Å². The minimum Gasteiger partial charge on any atom is -0.370 e. The minimum atomic E-state index is 0.529. The molecule has 1 aliphatic rings. The molecule has 17 heavy (non-hydrogen) atoms. The number of hydrogen-bond acceptors (Lipinski definition) is 3. The highest BCUT2D eigenvalue weighted by Gasteiger charge is 2.21. The van der Waals surface area contributed by atoms with E-state index in [1.54, 1.807) is 6.20 Å². The molecule has 3 N–H and O–H groups in total. The maximum absolute atomic E-state index is 5.79. The van der Waals surface area contributed by atoms with Crippen LogP contribution in [-0.4, -0.2) is 31.1 Å². The lowest BCUT2D eigenvalue weighted by Gasteiger charge is -2.14. The van der Waals surface area contributed by atoms with Gasteiger partial charge in [0.1, 0.15) is 5.82 Å². The van der Waals surface area contributed by atoms with Gasteiger partial charge in [0.25, 0.3) is 0 Å². The van der Waals surface area contributed by atoms with Crippen LogP contribution in [0.4, 0.5) is 5.82 Å². The van der Waals surface area contributed by atoms with Crippen molar-refractivity contribution in [3.05, 3.63) is 23.9 Å². The fraction of sp³-hybridized carbons (Fsp3) is 0.500. The van der Waals surface area contributed by atoms with Crippen molar-refractivity contribution in [2.75, 3.05) is 19.0 Å². The van der Waals surface area contributed by atoms with Crippen molar-refractivity contribution < 1.29 is 0 Å². The maximum Gasteiger partial charge on any atom is 0.189 e. The number of pyridine rings is 1. The Balaban J connectivity index is 2.01.